The summed E-state index contributed by atoms with van der Waals surface area (Å²) in [4.78, 5) is 22.5. The van der Waals surface area contributed by atoms with Crippen LogP contribution in [0.4, 0.5) is 20.2 Å². The fourth-order valence-corrected chi connectivity index (χ4v) is 9.12. The first-order chi connectivity index (χ1) is 32.6. The molecule has 2 fully saturated rings. The second kappa shape index (κ2) is 19.9. The number of nitriles is 1. The summed E-state index contributed by atoms with van der Waals surface area (Å²) in [7, 11) is 0. The van der Waals surface area contributed by atoms with Crippen LogP contribution in [0.2, 0.25) is 5.02 Å². The molecular weight excluding hydrogens is 872 g/mol. The van der Waals surface area contributed by atoms with E-state index in [0.29, 0.717) is 117 Å². The van der Waals surface area contributed by atoms with Crippen molar-refractivity contribution in [2.24, 2.45) is 0 Å². The SMILES string of the molecule is Cc1c(-c2ccccn2)nc2cc(F)ccc2c1C(O)c1cc(C#N)cc(N2CCOCC2)c1.Cc1c(-c2ccccn2)nc2cc(F)ccc2c1C(O)c1cc(Cl)cc(N2CCOCC2)c1. The number of fused-ring (bicyclic) bond motifs is 2. The molecule has 338 valence electrons. The first-order valence-corrected chi connectivity index (χ1v) is 22.3. The van der Waals surface area contributed by atoms with Gasteiger partial charge in [0.15, 0.2) is 0 Å². The molecule has 0 aliphatic carbocycles. The number of anilines is 2. The molecule has 0 amide bonds. The van der Waals surface area contributed by atoms with Crippen molar-refractivity contribution < 1.29 is 28.5 Å². The van der Waals surface area contributed by atoms with Gasteiger partial charge in [-0.1, -0.05) is 23.7 Å². The van der Waals surface area contributed by atoms with E-state index >= 15 is 0 Å². The number of halogens is 3. The van der Waals surface area contributed by atoms with E-state index in [4.69, 9.17) is 21.1 Å². The molecule has 4 aromatic heterocycles. The fourth-order valence-electron chi connectivity index (χ4n) is 8.88. The lowest BCUT2D eigenvalue weighted by Crippen LogP contribution is -2.36. The Labute approximate surface area is 391 Å². The highest BCUT2D eigenvalue weighted by atomic mass is 35.5. The van der Waals surface area contributed by atoms with Crippen molar-refractivity contribution in [3.63, 3.8) is 0 Å². The van der Waals surface area contributed by atoms with E-state index in [-0.39, 0.29) is 5.82 Å². The summed E-state index contributed by atoms with van der Waals surface area (Å²) in [6, 6.07) is 33.1. The average Bonchev–Trinajstić information content (AvgIpc) is 3.36. The predicted molar refractivity (Wildman–Crippen MR) is 256 cm³/mol. The number of aromatic nitrogens is 4. The Kier molecular flexibility index (Phi) is 13.4. The molecule has 8 aromatic rings. The monoisotopic (exact) mass is 917 g/mol. The first-order valence-electron chi connectivity index (χ1n) is 22.0. The number of ether oxygens (including phenoxy) is 2. The summed E-state index contributed by atoms with van der Waals surface area (Å²) in [6.45, 7) is 9.27. The van der Waals surface area contributed by atoms with Gasteiger partial charge in [-0.25, -0.2) is 18.7 Å². The summed E-state index contributed by atoms with van der Waals surface area (Å²) in [5.41, 5.74) is 9.72. The second-order valence-electron chi connectivity index (χ2n) is 16.4. The number of benzene rings is 4. The predicted octanol–water partition coefficient (Wildman–Crippen LogP) is 9.85. The van der Waals surface area contributed by atoms with E-state index in [0.717, 1.165) is 35.6 Å². The Hall–Kier alpha value is -6.92. The van der Waals surface area contributed by atoms with E-state index in [9.17, 15) is 24.3 Å². The number of aliphatic hydroxyl groups is 2. The number of rotatable bonds is 8. The van der Waals surface area contributed by atoms with Gasteiger partial charge >= 0.3 is 0 Å². The molecule has 10 rings (SSSR count). The summed E-state index contributed by atoms with van der Waals surface area (Å²) in [5, 5.41) is 34.8. The summed E-state index contributed by atoms with van der Waals surface area (Å²) >= 11 is 6.47. The largest absolute Gasteiger partial charge is 0.384 e. The van der Waals surface area contributed by atoms with Crippen LogP contribution < -0.4 is 9.80 Å². The third-order valence-electron chi connectivity index (χ3n) is 12.2. The summed E-state index contributed by atoms with van der Waals surface area (Å²) in [6.07, 6.45) is 1.33. The first kappa shape index (κ1) is 45.2. The van der Waals surface area contributed by atoms with Crippen LogP contribution in [-0.2, 0) is 9.47 Å². The summed E-state index contributed by atoms with van der Waals surface area (Å²) < 4.78 is 39.1. The molecule has 67 heavy (non-hydrogen) atoms. The van der Waals surface area contributed by atoms with Crippen molar-refractivity contribution >= 4 is 44.8 Å². The van der Waals surface area contributed by atoms with E-state index in [1.165, 1.54) is 24.3 Å². The smallest absolute Gasteiger partial charge is 0.125 e. The van der Waals surface area contributed by atoms with Crippen molar-refractivity contribution in [1.29, 1.82) is 5.26 Å². The second-order valence-corrected chi connectivity index (χ2v) is 16.9. The molecular formula is C53H46ClF2N7O4. The highest BCUT2D eigenvalue weighted by Gasteiger charge is 2.26. The van der Waals surface area contributed by atoms with Crippen LogP contribution in [0.3, 0.4) is 0 Å². The van der Waals surface area contributed by atoms with Gasteiger partial charge in [-0.15, -0.1) is 0 Å². The van der Waals surface area contributed by atoms with Crippen LogP contribution in [0.5, 0.6) is 0 Å². The van der Waals surface area contributed by atoms with Gasteiger partial charge in [-0.2, -0.15) is 5.26 Å². The van der Waals surface area contributed by atoms with E-state index in [1.54, 1.807) is 36.7 Å². The number of hydrogen-bond donors (Lipinski definition) is 2. The minimum Gasteiger partial charge on any atom is -0.384 e. The van der Waals surface area contributed by atoms with Crippen LogP contribution >= 0.6 is 11.6 Å². The molecule has 2 saturated heterocycles. The molecule has 2 aliphatic rings. The van der Waals surface area contributed by atoms with Crippen LogP contribution in [0.15, 0.2) is 122 Å². The lowest BCUT2D eigenvalue weighted by Gasteiger charge is -2.30. The maximum Gasteiger partial charge on any atom is 0.125 e. The van der Waals surface area contributed by atoms with E-state index in [2.05, 4.69) is 35.8 Å². The third-order valence-corrected chi connectivity index (χ3v) is 12.4. The molecule has 0 bridgehead atoms. The molecule has 2 atom stereocenters. The maximum atomic E-state index is 14.1. The van der Waals surface area contributed by atoms with Gasteiger partial charge in [0.1, 0.15) is 23.8 Å². The van der Waals surface area contributed by atoms with Crippen LogP contribution in [0.1, 0.15) is 51.2 Å². The number of hydrogen-bond acceptors (Lipinski definition) is 11. The molecule has 0 spiro atoms. The Morgan fingerprint density at radius 3 is 1.52 bits per heavy atom. The molecule has 0 saturated carbocycles. The molecule has 4 aromatic carbocycles. The number of pyridine rings is 4. The van der Waals surface area contributed by atoms with Gasteiger partial charge in [-0.3, -0.25) is 9.97 Å². The van der Waals surface area contributed by atoms with Gasteiger partial charge in [0.05, 0.1) is 71.9 Å². The molecule has 14 heteroatoms. The van der Waals surface area contributed by atoms with Gasteiger partial charge in [0, 0.05) is 77.9 Å². The topological polar surface area (TPSA) is 141 Å². The lowest BCUT2D eigenvalue weighted by atomic mass is 9.91. The normalized spacial score (nSPS) is 14.9. The van der Waals surface area contributed by atoms with Crippen molar-refractivity contribution in [2.45, 2.75) is 26.1 Å². The van der Waals surface area contributed by atoms with Crippen molar-refractivity contribution in [2.75, 3.05) is 62.4 Å². The molecule has 11 nitrogen and oxygen atoms in total. The Balaban J connectivity index is 0.000000168. The van der Waals surface area contributed by atoms with Crippen LogP contribution in [-0.4, -0.2) is 82.8 Å². The standard InChI is InChI=1S/C27H23FN4O2.C26H23ClFN3O2/c1-17-25(22-6-5-20(28)15-24(22)31-26(17)23-4-2-3-7-30-23)27(33)19-12-18(16-29)13-21(14-19)32-8-10-34-11-9-32;1-16-24(26(32)17-12-18(27)14-20(13-17)31-8-10-33-11-9-31)21-6-5-19(28)15-23(21)30-25(16)22-4-2-3-7-29-22/h2-7,12-15,27,33H,8-11H2,1H3;2-7,12-15,26,32H,8-11H2,1H3. The van der Waals surface area contributed by atoms with E-state index < -0.39 is 18.0 Å². The fraction of sp³-hybridized carbons (Fsp3) is 0.226. The van der Waals surface area contributed by atoms with Gasteiger partial charge < -0.3 is 29.5 Å². The third kappa shape index (κ3) is 9.67. The highest BCUT2D eigenvalue weighted by Crippen LogP contribution is 2.39. The van der Waals surface area contributed by atoms with Crippen LogP contribution in [0.25, 0.3) is 44.6 Å². The Morgan fingerprint density at radius 1 is 0.612 bits per heavy atom. The van der Waals surface area contributed by atoms with E-state index in [1.807, 2.05) is 74.5 Å². The lowest BCUT2D eigenvalue weighted by molar-refractivity contribution is 0.122. The van der Waals surface area contributed by atoms with Crippen molar-refractivity contribution in [3.05, 3.63) is 177 Å². The average molecular weight is 918 g/mol. The minimum atomic E-state index is -1.05. The zero-order valence-electron chi connectivity index (χ0n) is 36.8. The van der Waals surface area contributed by atoms with Crippen LogP contribution in [0, 0.1) is 36.8 Å². The molecule has 2 N–H and O–H groups in total. The Morgan fingerprint density at radius 2 is 1.07 bits per heavy atom. The number of morpholine rings is 2. The van der Waals surface area contributed by atoms with Crippen molar-refractivity contribution in [1.82, 2.24) is 19.9 Å². The number of nitrogens with zero attached hydrogens (tertiary/aromatic N) is 7. The maximum absolute atomic E-state index is 14.1. The molecule has 6 heterocycles. The Bertz CT molecular complexity index is 3130. The van der Waals surface area contributed by atoms with Gasteiger partial charge in [0.2, 0.25) is 0 Å². The summed E-state index contributed by atoms with van der Waals surface area (Å²) in [5.74, 6) is -0.791. The quantitative estimate of drug-likeness (QED) is 0.151. The van der Waals surface area contributed by atoms with Crippen molar-refractivity contribution in [3.8, 4) is 28.8 Å². The zero-order valence-corrected chi connectivity index (χ0v) is 37.6. The molecule has 2 unspecified atom stereocenters. The zero-order chi connectivity index (χ0) is 46.6. The number of aliphatic hydroxyl groups excluding tert-OH is 2. The minimum absolute atomic E-state index is 0.386. The van der Waals surface area contributed by atoms with Gasteiger partial charge in [0.25, 0.3) is 0 Å². The highest BCUT2D eigenvalue weighted by molar-refractivity contribution is 6.31. The molecule has 2 aliphatic heterocycles. The van der Waals surface area contributed by atoms with Gasteiger partial charge in [-0.05, 0) is 132 Å². The molecule has 0 radical (unpaired) electrons.